The van der Waals surface area contributed by atoms with Gasteiger partial charge in [0.25, 0.3) is 0 Å². The van der Waals surface area contributed by atoms with E-state index in [1.807, 2.05) is 25.1 Å². The Morgan fingerprint density at radius 2 is 2.23 bits per heavy atom. The summed E-state index contributed by atoms with van der Waals surface area (Å²) in [6.07, 6.45) is 1.69. The third-order valence-corrected chi connectivity index (χ3v) is 2.60. The van der Waals surface area contributed by atoms with Gasteiger partial charge in [-0.25, -0.2) is 0 Å². The van der Waals surface area contributed by atoms with E-state index in [0.29, 0.717) is 0 Å². The molecule has 13 heavy (non-hydrogen) atoms. The summed E-state index contributed by atoms with van der Waals surface area (Å²) in [7, 11) is 0. The second-order valence-corrected chi connectivity index (χ2v) is 3.61. The molecule has 0 spiro atoms. The molecule has 1 aromatic rings. The summed E-state index contributed by atoms with van der Waals surface area (Å²) in [6.45, 7) is 1.92. The zero-order chi connectivity index (χ0) is 9.47. The minimum Gasteiger partial charge on any atom is -0.369 e. The van der Waals surface area contributed by atoms with E-state index in [9.17, 15) is 4.79 Å². The van der Waals surface area contributed by atoms with Crippen LogP contribution in [0.2, 0.25) is 0 Å². The van der Waals surface area contributed by atoms with Crippen molar-refractivity contribution in [3.8, 4) is 0 Å². The highest BCUT2D eigenvalue weighted by Crippen LogP contribution is 2.46. The fourth-order valence-corrected chi connectivity index (χ4v) is 1.56. The van der Waals surface area contributed by atoms with E-state index < -0.39 is 5.41 Å². The molecular weight excluding hydrogens is 164 g/mol. The van der Waals surface area contributed by atoms with Crippen LogP contribution in [-0.4, -0.2) is 10.9 Å². The Morgan fingerprint density at radius 1 is 1.54 bits per heavy atom. The number of primary amides is 1. The van der Waals surface area contributed by atoms with Gasteiger partial charge in [-0.2, -0.15) is 0 Å². The minimum atomic E-state index is -0.438. The number of pyridine rings is 1. The summed E-state index contributed by atoms with van der Waals surface area (Å²) in [4.78, 5) is 15.5. The molecule has 0 atom stereocenters. The molecule has 1 aliphatic carbocycles. The number of rotatable bonds is 2. The Balaban J connectivity index is 2.41. The lowest BCUT2D eigenvalue weighted by molar-refractivity contribution is -0.120. The molecule has 1 heterocycles. The number of nitrogens with two attached hydrogens (primary N) is 1. The van der Waals surface area contributed by atoms with Crippen molar-refractivity contribution in [2.45, 2.75) is 25.2 Å². The van der Waals surface area contributed by atoms with Crippen molar-refractivity contribution in [3.63, 3.8) is 0 Å². The first kappa shape index (κ1) is 8.23. The highest BCUT2D eigenvalue weighted by molar-refractivity contribution is 5.89. The number of aryl methyl sites for hydroxylation is 1. The van der Waals surface area contributed by atoms with Gasteiger partial charge in [0.15, 0.2) is 0 Å². The Hall–Kier alpha value is -1.38. The summed E-state index contributed by atoms with van der Waals surface area (Å²) in [5.74, 6) is -0.245. The summed E-state index contributed by atoms with van der Waals surface area (Å²) < 4.78 is 0. The average Bonchev–Trinajstić information content (AvgIpc) is 2.83. The minimum absolute atomic E-state index is 0.245. The van der Waals surface area contributed by atoms with Crippen molar-refractivity contribution in [3.05, 3.63) is 29.6 Å². The van der Waals surface area contributed by atoms with Crippen molar-refractivity contribution in [2.24, 2.45) is 5.73 Å². The smallest absolute Gasteiger partial charge is 0.229 e. The second kappa shape index (κ2) is 2.55. The lowest BCUT2D eigenvalue weighted by atomic mass is 10.0. The van der Waals surface area contributed by atoms with Crippen molar-refractivity contribution in [1.29, 1.82) is 0 Å². The van der Waals surface area contributed by atoms with Crippen LogP contribution in [0, 0.1) is 6.92 Å². The first-order chi connectivity index (χ1) is 6.15. The van der Waals surface area contributed by atoms with E-state index in [4.69, 9.17) is 5.73 Å². The number of hydrogen-bond acceptors (Lipinski definition) is 2. The molecule has 1 aromatic heterocycles. The highest BCUT2D eigenvalue weighted by atomic mass is 16.1. The van der Waals surface area contributed by atoms with Crippen molar-refractivity contribution >= 4 is 5.91 Å². The number of amides is 1. The van der Waals surface area contributed by atoms with Gasteiger partial charge >= 0.3 is 0 Å². The van der Waals surface area contributed by atoms with Crippen molar-refractivity contribution in [1.82, 2.24) is 4.98 Å². The van der Waals surface area contributed by atoms with Gasteiger partial charge in [-0.1, -0.05) is 6.07 Å². The molecular formula is C10H12N2O. The van der Waals surface area contributed by atoms with E-state index in [1.165, 1.54) is 0 Å². The van der Waals surface area contributed by atoms with Gasteiger partial charge in [-0.05, 0) is 31.9 Å². The standard InChI is InChI=1S/C10H12N2O/c1-7-3-2-4-8(12-7)10(5-6-10)9(11)13/h2-4H,5-6H2,1H3,(H2,11,13). The largest absolute Gasteiger partial charge is 0.369 e. The molecule has 0 aromatic carbocycles. The molecule has 1 aliphatic rings. The zero-order valence-electron chi connectivity index (χ0n) is 7.58. The van der Waals surface area contributed by atoms with Gasteiger partial charge in [-0.15, -0.1) is 0 Å². The Bertz CT molecular complexity index is 356. The van der Waals surface area contributed by atoms with E-state index >= 15 is 0 Å². The fourth-order valence-electron chi connectivity index (χ4n) is 1.56. The van der Waals surface area contributed by atoms with Crippen LogP contribution in [0.1, 0.15) is 24.2 Å². The molecule has 0 aliphatic heterocycles. The van der Waals surface area contributed by atoms with E-state index in [1.54, 1.807) is 0 Å². The SMILES string of the molecule is Cc1cccc(C2(C(N)=O)CC2)n1. The van der Waals surface area contributed by atoms with Gasteiger partial charge in [0, 0.05) is 5.69 Å². The fraction of sp³-hybridized carbons (Fsp3) is 0.400. The molecule has 0 radical (unpaired) electrons. The van der Waals surface area contributed by atoms with Crippen LogP contribution < -0.4 is 5.73 Å². The van der Waals surface area contributed by atoms with E-state index in [-0.39, 0.29) is 5.91 Å². The highest BCUT2D eigenvalue weighted by Gasteiger charge is 2.51. The Kier molecular flexibility index (Phi) is 1.62. The molecule has 2 N–H and O–H groups in total. The maximum absolute atomic E-state index is 11.2. The molecule has 68 valence electrons. The molecule has 2 rings (SSSR count). The molecule has 0 saturated heterocycles. The van der Waals surface area contributed by atoms with Gasteiger partial charge in [0.1, 0.15) is 0 Å². The number of hydrogen-bond donors (Lipinski definition) is 1. The van der Waals surface area contributed by atoms with Crippen LogP contribution in [0.4, 0.5) is 0 Å². The van der Waals surface area contributed by atoms with E-state index in [2.05, 4.69) is 4.98 Å². The maximum Gasteiger partial charge on any atom is 0.229 e. The van der Waals surface area contributed by atoms with Crippen LogP contribution in [0.3, 0.4) is 0 Å². The molecule has 0 unspecified atom stereocenters. The summed E-state index contributed by atoms with van der Waals surface area (Å²) in [5, 5.41) is 0. The first-order valence-corrected chi connectivity index (χ1v) is 4.39. The molecule has 3 heteroatoms. The van der Waals surface area contributed by atoms with Crippen molar-refractivity contribution in [2.75, 3.05) is 0 Å². The average molecular weight is 176 g/mol. The topological polar surface area (TPSA) is 56.0 Å². The van der Waals surface area contributed by atoms with Crippen LogP contribution in [0.25, 0.3) is 0 Å². The van der Waals surface area contributed by atoms with Crippen LogP contribution in [-0.2, 0) is 10.2 Å². The third kappa shape index (κ3) is 1.20. The Morgan fingerprint density at radius 3 is 2.69 bits per heavy atom. The Labute approximate surface area is 77.0 Å². The molecule has 3 nitrogen and oxygen atoms in total. The summed E-state index contributed by atoms with van der Waals surface area (Å²) in [5.41, 5.74) is 6.67. The van der Waals surface area contributed by atoms with Gasteiger partial charge in [0.05, 0.1) is 11.1 Å². The number of carbonyl (C=O) groups is 1. The predicted molar refractivity (Wildman–Crippen MR) is 49.1 cm³/mol. The zero-order valence-corrected chi connectivity index (χ0v) is 7.58. The summed E-state index contributed by atoms with van der Waals surface area (Å²) >= 11 is 0. The van der Waals surface area contributed by atoms with Crippen LogP contribution in [0.5, 0.6) is 0 Å². The molecule has 1 fully saturated rings. The van der Waals surface area contributed by atoms with Gasteiger partial charge in [0.2, 0.25) is 5.91 Å². The molecule has 0 bridgehead atoms. The monoisotopic (exact) mass is 176 g/mol. The first-order valence-electron chi connectivity index (χ1n) is 4.39. The lowest BCUT2D eigenvalue weighted by Crippen LogP contribution is -2.29. The molecule has 1 amide bonds. The third-order valence-electron chi connectivity index (χ3n) is 2.60. The van der Waals surface area contributed by atoms with Crippen molar-refractivity contribution < 1.29 is 4.79 Å². The van der Waals surface area contributed by atoms with E-state index in [0.717, 1.165) is 24.2 Å². The van der Waals surface area contributed by atoms with Gasteiger partial charge < -0.3 is 5.73 Å². The normalized spacial score (nSPS) is 18.2. The summed E-state index contributed by atoms with van der Waals surface area (Å²) in [6, 6.07) is 5.71. The molecule has 1 saturated carbocycles. The second-order valence-electron chi connectivity index (χ2n) is 3.61. The number of carbonyl (C=O) groups excluding carboxylic acids is 1. The lowest BCUT2D eigenvalue weighted by Gasteiger charge is -2.09. The number of aromatic nitrogens is 1. The van der Waals surface area contributed by atoms with Crippen LogP contribution in [0.15, 0.2) is 18.2 Å². The van der Waals surface area contributed by atoms with Gasteiger partial charge in [-0.3, -0.25) is 9.78 Å². The van der Waals surface area contributed by atoms with Crippen LogP contribution >= 0.6 is 0 Å². The maximum atomic E-state index is 11.2. The number of nitrogens with zero attached hydrogens (tertiary/aromatic N) is 1. The predicted octanol–water partition coefficient (Wildman–Crippen LogP) is 0.907. The quantitative estimate of drug-likeness (QED) is 0.728.